The average Bonchev–Trinajstić information content (AvgIpc) is 2.68. The number of aromatic nitrogens is 1. The second kappa shape index (κ2) is 11.2. The van der Waals surface area contributed by atoms with E-state index in [1.807, 2.05) is 47.6 Å². The quantitative estimate of drug-likeness (QED) is 0.181. The molecule has 3 aromatic rings. The molecule has 2 aromatic carbocycles. The van der Waals surface area contributed by atoms with E-state index in [-0.39, 0.29) is 37.1 Å². The van der Waals surface area contributed by atoms with Crippen LogP contribution in [-0.4, -0.2) is 15.9 Å². The molecule has 0 fully saturated rings. The Morgan fingerprint density at radius 1 is 0.939 bits per heavy atom. The minimum Gasteiger partial charge on any atom is -0.512 e. The molecule has 0 saturated carbocycles. The van der Waals surface area contributed by atoms with Crippen molar-refractivity contribution in [2.24, 2.45) is 10.8 Å². The Kier molecular flexibility index (Phi) is 9.78. The zero-order valence-electron chi connectivity index (χ0n) is 21.3. The van der Waals surface area contributed by atoms with Crippen LogP contribution >= 0.6 is 0 Å². The summed E-state index contributed by atoms with van der Waals surface area (Å²) in [6, 6.07) is 17.9. The van der Waals surface area contributed by atoms with Gasteiger partial charge in [0.15, 0.2) is 5.78 Å². The number of rotatable bonds is 2. The van der Waals surface area contributed by atoms with E-state index in [0.29, 0.717) is 0 Å². The van der Waals surface area contributed by atoms with Crippen molar-refractivity contribution in [1.29, 1.82) is 0 Å². The van der Waals surface area contributed by atoms with E-state index in [0.717, 1.165) is 16.8 Å². The molecule has 33 heavy (non-hydrogen) atoms. The summed E-state index contributed by atoms with van der Waals surface area (Å²) < 4.78 is 0. The zero-order valence-corrected chi connectivity index (χ0v) is 23.6. The molecule has 0 aliphatic carbocycles. The van der Waals surface area contributed by atoms with Crippen LogP contribution in [0.15, 0.2) is 54.3 Å². The number of fused-ring (bicyclic) bond motifs is 1. The first-order valence-electron chi connectivity index (χ1n) is 11.0. The number of hydrogen-bond acceptors (Lipinski definition) is 3. The standard InChI is InChI=1S/C18H16N.C11H20O2.Ir/c1-12-7-8-15-9-10-17(19-18(15)11-12)16-6-4-5-13(2)14(16)3;1-10(2,3)8(12)7-9(13)11(4,5)6;/h4-5,7-11H,1-3H3;7,12H,1-6H3;/q-1;;/b;8-7-;. The monoisotopic (exact) mass is 623 g/mol. The molecule has 0 saturated heterocycles. The maximum absolute atomic E-state index is 11.5. The first-order valence-corrected chi connectivity index (χ1v) is 11.0. The number of ketones is 1. The Balaban J connectivity index is 0.000000346. The molecule has 1 radical (unpaired) electrons. The number of carbonyl (C=O) groups excluding carboxylic acids is 1. The van der Waals surface area contributed by atoms with Crippen LogP contribution in [0.5, 0.6) is 0 Å². The van der Waals surface area contributed by atoms with Crippen molar-refractivity contribution in [1.82, 2.24) is 4.98 Å². The van der Waals surface area contributed by atoms with Gasteiger partial charge in [0.05, 0.1) is 5.52 Å². The van der Waals surface area contributed by atoms with Crippen molar-refractivity contribution >= 4 is 16.7 Å². The molecule has 0 aliphatic heterocycles. The first-order chi connectivity index (χ1) is 14.7. The summed E-state index contributed by atoms with van der Waals surface area (Å²) in [5.41, 5.74) is 6.15. The Morgan fingerprint density at radius 3 is 2.12 bits per heavy atom. The molecule has 179 valence electrons. The molecule has 3 nitrogen and oxygen atoms in total. The van der Waals surface area contributed by atoms with Gasteiger partial charge in [0.25, 0.3) is 0 Å². The molecule has 0 atom stereocenters. The Morgan fingerprint density at radius 2 is 1.55 bits per heavy atom. The van der Waals surface area contributed by atoms with Crippen molar-refractivity contribution < 1.29 is 30.0 Å². The maximum atomic E-state index is 11.5. The number of carbonyl (C=O) groups is 1. The number of hydrogen-bond donors (Lipinski definition) is 1. The topological polar surface area (TPSA) is 50.2 Å². The largest absolute Gasteiger partial charge is 0.512 e. The van der Waals surface area contributed by atoms with E-state index < -0.39 is 5.41 Å². The molecule has 1 aromatic heterocycles. The van der Waals surface area contributed by atoms with Gasteiger partial charge in [0.2, 0.25) is 0 Å². The Labute approximate surface area is 212 Å². The minimum atomic E-state index is -0.417. The van der Waals surface area contributed by atoms with Crippen LogP contribution in [0.2, 0.25) is 0 Å². The minimum absolute atomic E-state index is 0. The van der Waals surface area contributed by atoms with Crippen LogP contribution in [0, 0.1) is 37.7 Å². The molecule has 1 heterocycles. The second-order valence-corrected chi connectivity index (χ2v) is 10.4. The molecule has 1 N–H and O–H groups in total. The summed E-state index contributed by atoms with van der Waals surface area (Å²) >= 11 is 0. The van der Waals surface area contributed by atoms with E-state index in [1.165, 1.54) is 28.2 Å². The van der Waals surface area contributed by atoms with Gasteiger partial charge in [-0.2, -0.15) is 0 Å². The molecule has 0 aliphatic rings. The first kappa shape index (κ1) is 28.7. The molecule has 0 spiro atoms. The van der Waals surface area contributed by atoms with Crippen LogP contribution in [0.1, 0.15) is 58.2 Å². The van der Waals surface area contributed by atoms with Crippen LogP contribution in [0.3, 0.4) is 0 Å². The molecule has 4 heteroatoms. The van der Waals surface area contributed by atoms with E-state index in [2.05, 4.69) is 63.2 Å². The van der Waals surface area contributed by atoms with Crippen molar-refractivity contribution in [2.45, 2.75) is 62.3 Å². The Hall–Kier alpha value is -2.29. The van der Waals surface area contributed by atoms with Gasteiger partial charge in [-0.25, -0.2) is 0 Å². The van der Waals surface area contributed by atoms with Crippen molar-refractivity contribution in [3.8, 4) is 11.3 Å². The van der Waals surface area contributed by atoms with Gasteiger partial charge < -0.3 is 5.11 Å². The second-order valence-electron chi connectivity index (χ2n) is 10.4. The molecule has 0 bridgehead atoms. The van der Waals surface area contributed by atoms with Crippen molar-refractivity contribution in [3.63, 3.8) is 0 Å². The third-order valence-corrected chi connectivity index (χ3v) is 5.41. The van der Waals surface area contributed by atoms with Gasteiger partial charge in [-0.05, 0) is 29.6 Å². The SMILES string of the molecule is CC(C)(C)C(=O)/C=C(\O)C(C)(C)C.Cc1ccc2ccc(-c3[c-]ccc(C)c3C)nc2c1.[Ir]. The summed E-state index contributed by atoms with van der Waals surface area (Å²) in [4.78, 5) is 16.3. The predicted octanol–water partition coefficient (Wildman–Crippen LogP) is 7.71. The summed E-state index contributed by atoms with van der Waals surface area (Å²) in [6.45, 7) is 17.5. The normalized spacial score (nSPS) is 12.0. The fourth-order valence-corrected chi connectivity index (χ4v) is 2.87. The number of benzene rings is 2. The van der Waals surface area contributed by atoms with Crippen molar-refractivity contribution in [3.05, 3.63) is 77.1 Å². The molecule has 3 rings (SSSR count). The van der Waals surface area contributed by atoms with Gasteiger partial charge in [0, 0.05) is 37.0 Å². The maximum Gasteiger partial charge on any atom is 0.164 e. The third-order valence-electron chi connectivity index (χ3n) is 5.41. The van der Waals surface area contributed by atoms with Crippen LogP contribution < -0.4 is 0 Å². The number of aliphatic hydroxyl groups is 1. The number of pyridine rings is 1. The summed E-state index contributed by atoms with van der Waals surface area (Å²) in [5.74, 6) is 0.104. The summed E-state index contributed by atoms with van der Waals surface area (Å²) in [7, 11) is 0. The van der Waals surface area contributed by atoms with Gasteiger partial charge in [-0.3, -0.25) is 9.78 Å². The van der Waals surface area contributed by atoms with Crippen LogP contribution in [-0.2, 0) is 24.9 Å². The number of allylic oxidation sites excluding steroid dienone is 2. The fourth-order valence-electron chi connectivity index (χ4n) is 2.87. The van der Waals surface area contributed by atoms with E-state index in [9.17, 15) is 9.90 Å². The molecular formula is C29H36IrNO2-. The van der Waals surface area contributed by atoms with Crippen molar-refractivity contribution in [2.75, 3.05) is 0 Å². The Bertz CT molecular complexity index is 1150. The smallest absolute Gasteiger partial charge is 0.164 e. The average molecular weight is 623 g/mol. The number of aliphatic hydroxyl groups excluding tert-OH is 1. The molecule has 0 unspecified atom stereocenters. The van der Waals surface area contributed by atoms with Crippen LogP contribution in [0.25, 0.3) is 22.2 Å². The fraction of sp³-hybridized carbons (Fsp3) is 0.379. The van der Waals surface area contributed by atoms with Crippen LogP contribution in [0.4, 0.5) is 0 Å². The van der Waals surface area contributed by atoms with Gasteiger partial charge >= 0.3 is 0 Å². The van der Waals surface area contributed by atoms with Gasteiger partial charge in [0.1, 0.15) is 5.76 Å². The number of nitrogens with zero attached hydrogens (tertiary/aromatic N) is 1. The van der Waals surface area contributed by atoms with E-state index in [4.69, 9.17) is 4.98 Å². The molecule has 0 amide bonds. The van der Waals surface area contributed by atoms with E-state index >= 15 is 0 Å². The molecular weight excluding hydrogens is 587 g/mol. The van der Waals surface area contributed by atoms with Gasteiger partial charge in [-0.1, -0.05) is 79.7 Å². The summed E-state index contributed by atoms with van der Waals surface area (Å²) in [6.07, 6.45) is 1.33. The zero-order chi connectivity index (χ0) is 24.3. The van der Waals surface area contributed by atoms with E-state index in [1.54, 1.807) is 0 Å². The summed E-state index contributed by atoms with van der Waals surface area (Å²) in [5, 5.41) is 10.7. The van der Waals surface area contributed by atoms with Gasteiger partial charge in [-0.15, -0.1) is 34.9 Å². The third kappa shape index (κ3) is 7.91. The number of aryl methyl sites for hydroxylation is 2. The predicted molar refractivity (Wildman–Crippen MR) is 135 cm³/mol.